The van der Waals surface area contributed by atoms with E-state index in [2.05, 4.69) is 80.8 Å². The van der Waals surface area contributed by atoms with E-state index in [9.17, 15) is 0 Å². The van der Waals surface area contributed by atoms with Gasteiger partial charge in [-0.3, -0.25) is 4.57 Å². The van der Waals surface area contributed by atoms with Crippen molar-refractivity contribution in [3.05, 3.63) is 12.7 Å². The number of aromatic nitrogens is 4. The van der Waals surface area contributed by atoms with Crippen molar-refractivity contribution >= 4 is 53.6 Å². The average molecular weight is 542 g/mol. The molecule has 1 aliphatic heterocycles. The molecule has 2 aromatic rings. The zero-order valence-corrected chi connectivity index (χ0v) is 26.3. The molecule has 1 N–H and O–H groups in total. The van der Waals surface area contributed by atoms with Crippen LogP contribution in [0.4, 0.5) is 5.82 Å². The van der Waals surface area contributed by atoms with Gasteiger partial charge >= 0.3 is 0 Å². The molecule has 1 aliphatic rings. The Bertz CT molecular complexity index is 958. The molecule has 12 heteroatoms. The van der Waals surface area contributed by atoms with Crippen LogP contribution in [0.2, 0.25) is 58.9 Å². The molecule has 192 valence electrons. The van der Waals surface area contributed by atoms with Gasteiger partial charge < -0.3 is 18.6 Å². The summed E-state index contributed by atoms with van der Waals surface area (Å²) in [7, 11) is -5.35. The number of ether oxygens (including phenoxy) is 1. The Hall–Kier alpha value is -0.769. The molecule has 3 rings (SSSR count). The van der Waals surface area contributed by atoms with Gasteiger partial charge in [0.1, 0.15) is 38.1 Å². The number of hydrogen-bond donors (Lipinski definition) is 1. The fraction of sp³-hybridized carbons (Fsp3) is 0.773. The number of anilines is 1. The molecular formula is C22H43N5O3SSi3. The average Bonchev–Trinajstić information content (AvgIpc) is 3.22. The molecule has 0 aliphatic carbocycles. The van der Waals surface area contributed by atoms with Gasteiger partial charge in [-0.25, -0.2) is 15.0 Å². The Morgan fingerprint density at radius 2 is 1.62 bits per heavy atom. The predicted molar refractivity (Wildman–Crippen MR) is 150 cm³/mol. The highest BCUT2D eigenvalue weighted by Gasteiger charge is 2.50. The van der Waals surface area contributed by atoms with E-state index in [0.717, 1.165) is 34.9 Å². The number of hydrogen-bond acceptors (Lipinski definition) is 8. The normalized spacial score (nSPS) is 24.2. The summed E-state index contributed by atoms with van der Waals surface area (Å²) in [5.41, 5.74) is 1.53. The Kier molecular flexibility index (Phi) is 8.74. The topological polar surface area (TPSA) is 83.3 Å². The maximum absolute atomic E-state index is 6.79. The standard InChI is InChI=1S/C22H43N5O3SSi3/c1-11-12-31-13-16-18(29-33(5,6)7)19(30-34(8,9)10)22(28-16)27-15-25-17-20(26-32(2,3)4)23-14-24-21(17)27/h14-16,18-19,22H,11-13H2,1-10H3,(H,23,24,26). The molecule has 1 saturated heterocycles. The van der Waals surface area contributed by atoms with Gasteiger partial charge in [0.2, 0.25) is 0 Å². The van der Waals surface area contributed by atoms with E-state index in [4.69, 9.17) is 18.6 Å². The maximum atomic E-state index is 6.79. The summed E-state index contributed by atoms with van der Waals surface area (Å²) in [6, 6.07) is 0. The molecule has 0 aromatic carbocycles. The van der Waals surface area contributed by atoms with Crippen LogP contribution in [-0.2, 0) is 13.6 Å². The van der Waals surface area contributed by atoms with E-state index in [1.807, 2.05) is 22.7 Å². The molecule has 2 aromatic heterocycles. The van der Waals surface area contributed by atoms with Crippen molar-refractivity contribution in [3.63, 3.8) is 0 Å². The summed E-state index contributed by atoms with van der Waals surface area (Å²) in [4.78, 5) is 17.4. The summed E-state index contributed by atoms with van der Waals surface area (Å²) in [6.07, 6.45) is 3.85. The van der Waals surface area contributed by atoms with Crippen molar-refractivity contribution in [2.45, 2.75) is 96.8 Å². The number of fused-ring (bicyclic) bond motifs is 1. The Morgan fingerprint density at radius 1 is 0.971 bits per heavy atom. The minimum Gasteiger partial charge on any atom is -0.409 e. The lowest BCUT2D eigenvalue weighted by Gasteiger charge is -2.34. The van der Waals surface area contributed by atoms with Crippen LogP contribution in [-0.4, -0.2) is 74.2 Å². The molecule has 4 unspecified atom stereocenters. The van der Waals surface area contributed by atoms with Gasteiger partial charge in [-0.05, 0) is 51.5 Å². The summed E-state index contributed by atoms with van der Waals surface area (Å²) in [6.45, 7) is 22.3. The molecule has 34 heavy (non-hydrogen) atoms. The van der Waals surface area contributed by atoms with Crippen LogP contribution < -0.4 is 4.98 Å². The number of imidazole rings is 1. The quantitative estimate of drug-likeness (QED) is 0.293. The maximum Gasteiger partial charge on any atom is 0.184 e. The third kappa shape index (κ3) is 7.37. The summed E-state index contributed by atoms with van der Waals surface area (Å²) in [5, 5.41) is 0. The van der Waals surface area contributed by atoms with Gasteiger partial charge in [-0.15, -0.1) is 0 Å². The van der Waals surface area contributed by atoms with Gasteiger partial charge in [-0.1, -0.05) is 26.6 Å². The van der Waals surface area contributed by atoms with E-state index in [1.54, 1.807) is 6.33 Å². The molecule has 0 radical (unpaired) electrons. The number of thioether (sulfide) groups is 1. The van der Waals surface area contributed by atoms with Crippen LogP contribution >= 0.6 is 11.8 Å². The van der Waals surface area contributed by atoms with Gasteiger partial charge in [0, 0.05) is 5.75 Å². The monoisotopic (exact) mass is 541 g/mol. The first-order chi connectivity index (χ1) is 15.7. The minimum absolute atomic E-state index is 0.0477. The molecule has 0 amide bonds. The smallest absolute Gasteiger partial charge is 0.184 e. The molecule has 0 saturated carbocycles. The highest BCUT2D eigenvalue weighted by molar-refractivity contribution is 7.99. The zero-order chi connectivity index (χ0) is 25.3. The van der Waals surface area contributed by atoms with Crippen molar-refractivity contribution in [1.82, 2.24) is 19.5 Å². The second-order valence-electron chi connectivity index (χ2n) is 12.0. The van der Waals surface area contributed by atoms with Crippen LogP contribution in [0.1, 0.15) is 19.6 Å². The highest BCUT2D eigenvalue weighted by atomic mass is 32.2. The number of rotatable bonds is 11. The first-order valence-electron chi connectivity index (χ1n) is 12.2. The van der Waals surface area contributed by atoms with Crippen molar-refractivity contribution in [3.8, 4) is 0 Å². The van der Waals surface area contributed by atoms with Crippen molar-refractivity contribution < 1.29 is 13.6 Å². The van der Waals surface area contributed by atoms with E-state index in [0.29, 0.717) is 0 Å². The third-order valence-electron chi connectivity index (χ3n) is 5.02. The third-order valence-corrected chi connectivity index (χ3v) is 9.23. The summed E-state index contributed by atoms with van der Waals surface area (Å²) in [5.74, 6) is 2.78. The number of nitrogens with one attached hydrogen (secondary N) is 1. The van der Waals surface area contributed by atoms with E-state index in [1.165, 1.54) is 0 Å². The van der Waals surface area contributed by atoms with Gasteiger partial charge in [0.15, 0.2) is 28.5 Å². The van der Waals surface area contributed by atoms with Crippen LogP contribution in [0.5, 0.6) is 0 Å². The zero-order valence-electron chi connectivity index (χ0n) is 22.5. The SMILES string of the molecule is CCCSCC1OC(n2cnc3c(N[Si](C)(C)C)ncnc32)C(O[Si](C)(C)C)C1O[Si](C)(C)C. The summed E-state index contributed by atoms with van der Waals surface area (Å²) < 4.78 is 22.3. The van der Waals surface area contributed by atoms with Gasteiger partial charge in [0.25, 0.3) is 0 Å². The Labute approximate surface area is 212 Å². The second-order valence-corrected chi connectivity index (χ2v) is 26.8. The lowest BCUT2D eigenvalue weighted by Crippen LogP contribution is -2.47. The first-order valence-corrected chi connectivity index (χ1v) is 23.7. The fourth-order valence-corrected chi connectivity index (χ4v) is 8.00. The largest absolute Gasteiger partial charge is 0.409 e. The first kappa shape index (κ1) is 27.8. The highest BCUT2D eigenvalue weighted by Crippen LogP contribution is 2.39. The van der Waals surface area contributed by atoms with Crippen LogP contribution in [0, 0.1) is 0 Å². The van der Waals surface area contributed by atoms with Gasteiger partial charge in [0.05, 0.1) is 12.4 Å². The molecule has 1 fully saturated rings. The molecule has 3 heterocycles. The fourth-order valence-electron chi connectivity index (χ4n) is 3.98. The molecular weight excluding hydrogens is 499 g/mol. The summed E-state index contributed by atoms with van der Waals surface area (Å²) >= 11 is 1.92. The van der Waals surface area contributed by atoms with Crippen LogP contribution in [0.15, 0.2) is 12.7 Å². The Morgan fingerprint density at radius 3 is 2.21 bits per heavy atom. The van der Waals surface area contributed by atoms with Crippen molar-refractivity contribution in [1.29, 1.82) is 0 Å². The molecule has 0 spiro atoms. The van der Waals surface area contributed by atoms with Crippen LogP contribution in [0.3, 0.4) is 0 Å². The number of nitrogens with zero attached hydrogens (tertiary/aromatic N) is 4. The van der Waals surface area contributed by atoms with Gasteiger partial charge in [-0.2, -0.15) is 11.8 Å². The van der Waals surface area contributed by atoms with E-state index < -0.39 is 24.9 Å². The van der Waals surface area contributed by atoms with E-state index in [-0.39, 0.29) is 24.5 Å². The van der Waals surface area contributed by atoms with Crippen molar-refractivity contribution in [2.24, 2.45) is 0 Å². The molecule has 4 atom stereocenters. The van der Waals surface area contributed by atoms with Crippen molar-refractivity contribution in [2.75, 3.05) is 16.5 Å². The van der Waals surface area contributed by atoms with E-state index >= 15 is 0 Å². The predicted octanol–water partition coefficient (Wildman–Crippen LogP) is 5.55. The lowest BCUT2D eigenvalue weighted by atomic mass is 10.1. The second kappa shape index (κ2) is 10.7. The molecule has 8 nitrogen and oxygen atoms in total. The minimum atomic E-state index is -1.90. The van der Waals surface area contributed by atoms with Crippen LogP contribution in [0.25, 0.3) is 11.2 Å². The molecule has 0 bridgehead atoms. The lowest BCUT2D eigenvalue weighted by molar-refractivity contribution is -0.0233. The Balaban J connectivity index is 2.03.